The minimum absolute atomic E-state index is 0.00862. The second-order valence-corrected chi connectivity index (χ2v) is 5.26. The van der Waals surface area contributed by atoms with E-state index >= 15 is 0 Å². The monoisotopic (exact) mass is 262 g/mol. The molecule has 3 heteroatoms. The smallest absolute Gasteiger partial charge is 0.169 e. The number of rotatable bonds is 9. The van der Waals surface area contributed by atoms with Crippen molar-refractivity contribution in [2.75, 3.05) is 11.9 Å². The largest absolute Gasteiger partial charge is 0.369 e. The first-order chi connectivity index (χ1) is 9.16. The van der Waals surface area contributed by atoms with Gasteiger partial charge in [-0.25, -0.2) is 4.98 Å². The fourth-order valence-electron chi connectivity index (χ4n) is 1.99. The lowest BCUT2D eigenvalue weighted by atomic mass is 10.0. The maximum atomic E-state index is 12.1. The zero-order valence-electron chi connectivity index (χ0n) is 12.4. The predicted octanol–water partition coefficient (Wildman–Crippen LogP) is 4.30. The number of aromatic nitrogens is 1. The zero-order chi connectivity index (χ0) is 14.1. The second kappa shape index (κ2) is 8.68. The van der Waals surface area contributed by atoms with Crippen LogP contribution in [-0.4, -0.2) is 17.3 Å². The van der Waals surface area contributed by atoms with Gasteiger partial charge in [0.2, 0.25) is 0 Å². The minimum atomic E-state index is 0.00862. The standard InChI is InChI=1S/C16H26N2O/c1-4-5-6-7-8-11-17-16-14(10-9-12-18-16)15(19)13(2)3/h9-10,12-13H,4-8,11H2,1-3H3,(H,17,18). The van der Waals surface area contributed by atoms with Crippen molar-refractivity contribution in [2.24, 2.45) is 5.92 Å². The average molecular weight is 262 g/mol. The van der Waals surface area contributed by atoms with Gasteiger partial charge >= 0.3 is 0 Å². The molecule has 1 aromatic rings. The number of ketones is 1. The number of pyridine rings is 1. The lowest BCUT2D eigenvalue weighted by molar-refractivity contribution is 0.0940. The number of carbonyl (C=O) groups is 1. The molecule has 0 fully saturated rings. The topological polar surface area (TPSA) is 42.0 Å². The van der Waals surface area contributed by atoms with E-state index in [4.69, 9.17) is 0 Å². The van der Waals surface area contributed by atoms with Gasteiger partial charge in [0.1, 0.15) is 5.82 Å². The molecule has 3 nitrogen and oxygen atoms in total. The molecule has 0 amide bonds. The molecular formula is C16H26N2O. The highest BCUT2D eigenvalue weighted by molar-refractivity contribution is 6.01. The zero-order valence-corrected chi connectivity index (χ0v) is 12.4. The summed E-state index contributed by atoms with van der Waals surface area (Å²) in [5, 5.41) is 3.29. The summed E-state index contributed by atoms with van der Waals surface area (Å²) in [7, 11) is 0. The number of anilines is 1. The third-order valence-electron chi connectivity index (χ3n) is 3.17. The van der Waals surface area contributed by atoms with Crippen molar-refractivity contribution in [1.82, 2.24) is 4.98 Å². The molecule has 0 radical (unpaired) electrons. The molecule has 1 heterocycles. The molecular weight excluding hydrogens is 236 g/mol. The van der Waals surface area contributed by atoms with Crippen LogP contribution in [0.5, 0.6) is 0 Å². The summed E-state index contributed by atoms with van der Waals surface area (Å²) in [5.41, 5.74) is 0.714. The minimum Gasteiger partial charge on any atom is -0.369 e. The third-order valence-corrected chi connectivity index (χ3v) is 3.17. The van der Waals surface area contributed by atoms with Gasteiger partial charge in [-0.1, -0.05) is 46.5 Å². The molecule has 0 aliphatic rings. The van der Waals surface area contributed by atoms with Gasteiger partial charge in [0.25, 0.3) is 0 Å². The van der Waals surface area contributed by atoms with Crippen molar-refractivity contribution >= 4 is 11.6 Å². The van der Waals surface area contributed by atoms with Crippen LogP contribution in [-0.2, 0) is 0 Å². The number of Topliss-reactive ketones (excluding diaryl/α,β-unsaturated/α-hetero) is 1. The Hall–Kier alpha value is -1.38. The molecule has 0 bridgehead atoms. The van der Waals surface area contributed by atoms with Crippen molar-refractivity contribution in [3.63, 3.8) is 0 Å². The first kappa shape index (κ1) is 15.7. The van der Waals surface area contributed by atoms with Crippen LogP contribution in [0.1, 0.15) is 63.2 Å². The Kier molecular flexibility index (Phi) is 7.16. The average Bonchev–Trinajstić information content (AvgIpc) is 2.42. The summed E-state index contributed by atoms with van der Waals surface area (Å²) in [4.78, 5) is 16.3. The summed E-state index contributed by atoms with van der Waals surface area (Å²) < 4.78 is 0. The maximum absolute atomic E-state index is 12.1. The number of hydrogen-bond acceptors (Lipinski definition) is 3. The van der Waals surface area contributed by atoms with Gasteiger partial charge < -0.3 is 5.32 Å². The molecule has 0 saturated heterocycles. The molecule has 1 rings (SSSR count). The molecule has 106 valence electrons. The second-order valence-electron chi connectivity index (χ2n) is 5.26. The summed E-state index contributed by atoms with van der Waals surface area (Å²) in [5.74, 6) is 0.896. The van der Waals surface area contributed by atoms with E-state index in [9.17, 15) is 4.79 Å². The molecule has 0 aromatic carbocycles. The lowest BCUT2D eigenvalue weighted by Crippen LogP contribution is -2.13. The van der Waals surface area contributed by atoms with E-state index < -0.39 is 0 Å². The third kappa shape index (κ3) is 5.41. The number of unbranched alkanes of at least 4 members (excludes halogenated alkanes) is 4. The van der Waals surface area contributed by atoms with Crippen molar-refractivity contribution in [3.05, 3.63) is 23.9 Å². The van der Waals surface area contributed by atoms with Gasteiger partial charge in [-0.2, -0.15) is 0 Å². The Labute approximate surface area is 116 Å². The van der Waals surface area contributed by atoms with Crippen LogP contribution in [0, 0.1) is 5.92 Å². The normalized spacial score (nSPS) is 10.7. The van der Waals surface area contributed by atoms with E-state index in [0.717, 1.165) is 18.8 Å². The van der Waals surface area contributed by atoms with E-state index in [1.807, 2.05) is 26.0 Å². The van der Waals surface area contributed by atoms with E-state index in [2.05, 4.69) is 17.2 Å². The van der Waals surface area contributed by atoms with Gasteiger partial charge in [-0.15, -0.1) is 0 Å². The van der Waals surface area contributed by atoms with Gasteiger partial charge in [-0.3, -0.25) is 4.79 Å². The van der Waals surface area contributed by atoms with E-state index in [-0.39, 0.29) is 11.7 Å². The van der Waals surface area contributed by atoms with Crippen molar-refractivity contribution in [2.45, 2.75) is 52.9 Å². The number of carbonyl (C=O) groups excluding carboxylic acids is 1. The molecule has 0 aliphatic carbocycles. The molecule has 0 spiro atoms. The number of hydrogen-bond donors (Lipinski definition) is 1. The van der Waals surface area contributed by atoms with Gasteiger partial charge in [-0.05, 0) is 18.6 Å². The number of nitrogens with one attached hydrogen (secondary N) is 1. The van der Waals surface area contributed by atoms with Gasteiger partial charge in [0.05, 0.1) is 5.56 Å². The molecule has 0 unspecified atom stereocenters. The van der Waals surface area contributed by atoms with Crippen LogP contribution in [0.15, 0.2) is 18.3 Å². The summed E-state index contributed by atoms with van der Waals surface area (Å²) >= 11 is 0. The molecule has 0 atom stereocenters. The van der Waals surface area contributed by atoms with Crippen molar-refractivity contribution in [1.29, 1.82) is 0 Å². The predicted molar refractivity (Wildman–Crippen MR) is 80.7 cm³/mol. The number of nitrogens with zero attached hydrogens (tertiary/aromatic N) is 1. The van der Waals surface area contributed by atoms with Crippen LogP contribution in [0.25, 0.3) is 0 Å². The van der Waals surface area contributed by atoms with Crippen LogP contribution >= 0.6 is 0 Å². The molecule has 1 aromatic heterocycles. The SMILES string of the molecule is CCCCCCCNc1ncccc1C(=O)C(C)C. The molecule has 1 N–H and O–H groups in total. The van der Waals surface area contributed by atoms with Gasteiger partial charge in [0.15, 0.2) is 5.78 Å². The molecule has 19 heavy (non-hydrogen) atoms. The highest BCUT2D eigenvalue weighted by Gasteiger charge is 2.14. The first-order valence-corrected chi connectivity index (χ1v) is 7.40. The summed E-state index contributed by atoms with van der Waals surface area (Å²) in [6, 6.07) is 3.68. The van der Waals surface area contributed by atoms with Crippen LogP contribution < -0.4 is 5.32 Å². The Bertz CT molecular complexity index is 388. The van der Waals surface area contributed by atoms with Gasteiger partial charge in [0, 0.05) is 18.7 Å². The Morgan fingerprint density at radius 1 is 1.26 bits per heavy atom. The molecule has 0 saturated carbocycles. The Morgan fingerprint density at radius 3 is 2.68 bits per heavy atom. The van der Waals surface area contributed by atoms with Crippen molar-refractivity contribution in [3.8, 4) is 0 Å². The van der Waals surface area contributed by atoms with E-state index in [1.165, 1.54) is 25.7 Å². The molecule has 0 aliphatic heterocycles. The van der Waals surface area contributed by atoms with E-state index in [1.54, 1.807) is 6.20 Å². The highest BCUT2D eigenvalue weighted by Crippen LogP contribution is 2.16. The quantitative estimate of drug-likeness (QED) is 0.533. The Balaban J connectivity index is 2.47. The fourth-order valence-corrected chi connectivity index (χ4v) is 1.99. The van der Waals surface area contributed by atoms with E-state index in [0.29, 0.717) is 5.56 Å². The maximum Gasteiger partial charge on any atom is 0.169 e. The van der Waals surface area contributed by atoms with Crippen LogP contribution in [0.3, 0.4) is 0 Å². The fraction of sp³-hybridized carbons (Fsp3) is 0.625. The Morgan fingerprint density at radius 2 is 2.00 bits per heavy atom. The first-order valence-electron chi connectivity index (χ1n) is 7.40. The van der Waals surface area contributed by atoms with Crippen LogP contribution in [0.2, 0.25) is 0 Å². The summed E-state index contributed by atoms with van der Waals surface area (Å²) in [6.07, 6.45) is 7.96. The highest BCUT2D eigenvalue weighted by atomic mass is 16.1. The summed E-state index contributed by atoms with van der Waals surface area (Å²) in [6.45, 7) is 6.95. The van der Waals surface area contributed by atoms with Crippen molar-refractivity contribution < 1.29 is 4.79 Å². The van der Waals surface area contributed by atoms with Crippen LogP contribution in [0.4, 0.5) is 5.82 Å². The lowest BCUT2D eigenvalue weighted by Gasteiger charge is -2.11.